The van der Waals surface area contributed by atoms with E-state index >= 15 is 8.78 Å². The summed E-state index contributed by atoms with van der Waals surface area (Å²) in [6.07, 6.45) is 14.7. The van der Waals surface area contributed by atoms with E-state index in [2.05, 4.69) is 206 Å². The predicted octanol–water partition coefficient (Wildman–Crippen LogP) is 23.2. The van der Waals surface area contributed by atoms with Gasteiger partial charge in [-0.15, -0.1) is 22.7 Å². The Morgan fingerprint density at radius 2 is 0.976 bits per heavy atom. The summed E-state index contributed by atoms with van der Waals surface area (Å²) < 4.78 is 41.6. The number of hydrogen-bond acceptors (Lipinski definition) is 4. The minimum atomic E-state index is -0.319. The fraction of sp³-hybridized carbons (Fsp3) is 0.0769. The Morgan fingerprint density at radius 1 is 0.440 bits per heavy atom. The lowest BCUT2D eigenvalue weighted by Crippen LogP contribution is -2.25. The van der Waals surface area contributed by atoms with E-state index in [1.165, 1.54) is 25.7 Å². The summed E-state index contributed by atoms with van der Waals surface area (Å²) in [5.74, 6) is -0.376. The van der Waals surface area contributed by atoms with E-state index in [1.54, 1.807) is 34.8 Å². The Kier molecular flexibility index (Phi) is 12.1. The van der Waals surface area contributed by atoms with E-state index in [1.807, 2.05) is 66.7 Å². The molecule has 3 unspecified atom stereocenters. The van der Waals surface area contributed by atoms with Crippen molar-refractivity contribution in [3.05, 3.63) is 289 Å². The third-order valence-corrected chi connectivity index (χ3v) is 19.9. The zero-order valence-corrected chi connectivity index (χ0v) is 47.9. The van der Waals surface area contributed by atoms with Crippen molar-refractivity contribution in [2.45, 2.75) is 26.2 Å². The highest BCUT2D eigenvalue weighted by Crippen LogP contribution is 2.57. The number of thiophene rings is 2. The summed E-state index contributed by atoms with van der Waals surface area (Å²) >= 11 is 3.50. The van der Waals surface area contributed by atoms with Gasteiger partial charge in [-0.05, 0) is 123 Å². The molecule has 2 aromatic heterocycles. The van der Waals surface area contributed by atoms with Crippen LogP contribution in [0, 0.1) is 23.5 Å². The van der Waals surface area contributed by atoms with E-state index in [0.29, 0.717) is 11.4 Å². The summed E-state index contributed by atoms with van der Waals surface area (Å²) in [7, 11) is 0. The smallest absolute Gasteiger partial charge is 0.148 e. The quantitative estimate of drug-likeness (QED) is 0.135. The summed E-state index contributed by atoms with van der Waals surface area (Å²) in [5.41, 5.74) is 14.9. The minimum absolute atomic E-state index is 0.00733. The van der Waals surface area contributed by atoms with Crippen LogP contribution in [0.1, 0.15) is 48.4 Å². The number of anilines is 5. The lowest BCUT2D eigenvalue weighted by Gasteiger charge is -2.39. The van der Waals surface area contributed by atoms with Gasteiger partial charge in [-0.3, -0.25) is 0 Å². The maximum absolute atomic E-state index is 18.6. The van der Waals surface area contributed by atoms with Crippen LogP contribution in [-0.4, -0.2) is 0 Å². The van der Waals surface area contributed by atoms with E-state index in [-0.39, 0.29) is 29.4 Å². The van der Waals surface area contributed by atoms with Crippen LogP contribution in [0.4, 0.5) is 37.2 Å². The van der Waals surface area contributed by atoms with Crippen molar-refractivity contribution in [1.29, 1.82) is 0 Å². The molecule has 3 aliphatic carbocycles. The topological polar surface area (TPSA) is 6.48 Å². The molecule has 84 heavy (non-hydrogen) atoms. The Morgan fingerprint density at radius 3 is 1.60 bits per heavy atom. The van der Waals surface area contributed by atoms with Gasteiger partial charge in [-0.25, -0.2) is 8.78 Å². The van der Waals surface area contributed by atoms with Crippen LogP contribution in [0.25, 0.3) is 102 Å². The second kappa shape index (κ2) is 20.2. The van der Waals surface area contributed by atoms with E-state index in [9.17, 15) is 0 Å². The third-order valence-electron chi connectivity index (χ3n) is 17.5. The normalized spacial score (nSPS) is 16.2. The highest BCUT2D eigenvalue weighted by Gasteiger charge is 2.37. The summed E-state index contributed by atoms with van der Waals surface area (Å²) in [5, 5.41) is 6.80. The van der Waals surface area contributed by atoms with Gasteiger partial charge >= 0.3 is 0 Å². The number of hydrogen-bond donors (Lipinski definition) is 0. The van der Waals surface area contributed by atoms with Crippen molar-refractivity contribution < 1.29 is 8.78 Å². The van der Waals surface area contributed by atoms with Gasteiger partial charge in [0, 0.05) is 59.1 Å². The first-order chi connectivity index (χ1) is 41.3. The van der Waals surface area contributed by atoms with E-state index in [4.69, 9.17) is 0 Å². The Labute approximate surface area is 495 Å². The molecular formula is C78H54F2N2S2. The molecule has 13 aromatic rings. The SMILES string of the molecule is CC1C=C(c2cc(-c3ccccc3)cc(F)c2N(c2ccc3ccc4c5c3c2C=CC5C(C)C=C4N(c2c(F)cc(-c3ccccc3)cc2-c2ccccc2)c2cccc3c2sc2ccccc23)c2cccc3c2sc2ccccc23)C=CC1. The summed E-state index contributed by atoms with van der Waals surface area (Å²) in [4.78, 5) is 4.48. The number of fused-ring (bicyclic) bond motifs is 6. The minimum Gasteiger partial charge on any atom is -0.305 e. The van der Waals surface area contributed by atoms with Gasteiger partial charge in [-0.2, -0.15) is 0 Å². The molecule has 0 saturated carbocycles. The second-order valence-corrected chi connectivity index (χ2v) is 24.7. The van der Waals surface area contributed by atoms with Gasteiger partial charge in [0.2, 0.25) is 0 Å². The van der Waals surface area contributed by atoms with Gasteiger partial charge in [0.15, 0.2) is 0 Å². The van der Waals surface area contributed by atoms with Crippen molar-refractivity contribution in [1.82, 2.24) is 0 Å². The molecule has 3 atom stereocenters. The molecule has 16 rings (SSSR count). The van der Waals surface area contributed by atoms with E-state index in [0.717, 1.165) is 116 Å². The van der Waals surface area contributed by atoms with Crippen LogP contribution >= 0.6 is 22.7 Å². The third kappa shape index (κ3) is 8.14. The van der Waals surface area contributed by atoms with Crippen molar-refractivity contribution in [3.63, 3.8) is 0 Å². The molecule has 0 fully saturated rings. The Hall–Kier alpha value is -9.46. The fourth-order valence-electron chi connectivity index (χ4n) is 13.6. The number of rotatable bonds is 10. The Balaban J connectivity index is 0.978. The summed E-state index contributed by atoms with van der Waals surface area (Å²) in [6, 6.07) is 77.4. The second-order valence-electron chi connectivity index (χ2n) is 22.6. The van der Waals surface area contributed by atoms with Crippen LogP contribution in [0.3, 0.4) is 0 Å². The maximum Gasteiger partial charge on any atom is 0.148 e. The average molecular weight is 1120 g/mol. The van der Waals surface area contributed by atoms with Gasteiger partial charge < -0.3 is 9.80 Å². The lowest BCUT2D eigenvalue weighted by molar-refractivity contribution is 0.625. The monoisotopic (exact) mass is 1120 g/mol. The first-order valence-electron chi connectivity index (χ1n) is 29.0. The van der Waals surface area contributed by atoms with Crippen molar-refractivity contribution >= 4 is 120 Å². The molecule has 0 aliphatic heterocycles. The average Bonchev–Trinajstić information content (AvgIpc) is 1.56. The first-order valence-corrected chi connectivity index (χ1v) is 30.6. The highest BCUT2D eigenvalue weighted by atomic mass is 32.1. The molecule has 3 aliphatic rings. The van der Waals surface area contributed by atoms with Crippen molar-refractivity contribution in [2.75, 3.05) is 9.80 Å². The van der Waals surface area contributed by atoms with Crippen molar-refractivity contribution in [2.24, 2.45) is 11.8 Å². The zero-order chi connectivity index (χ0) is 56.2. The van der Waals surface area contributed by atoms with Gasteiger partial charge in [0.1, 0.15) is 11.6 Å². The van der Waals surface area contributed by atoms with Crippen LogP contribution in [0.2, 0.25) is 0 Å². The number of allylic oxidation sites excluding steroid dienone is 6. The molecule has 11 aromatic carbocycles. The zero-order valence-electron chi connectivity index (χ0n) is 46.2. The molecule has 6 heteroatoms. The molecule has 0 amide bonds. The molecule has 0 bridgehead atoms. The first kappa shape index (κ1) is 50.3. The number of nitrogens with zero attached hydrogens (tertiary/aromatic N) is 2. The van der Waals surface area contributed by atoms with Crippen LogP contribution in [-0.2, 0) is 0 Å². The highest BCUT2D eigenvalue weighted by molar-refractivity contribution is 7.26. The molecule has 402 valence electrons. The van der Waals surface area contributed by atoms with Gasteiger partial charge in [0.25, 0.3) is 0 Å². The number of halogens is 2. The largest absolute Gasteiger partial charge is 0.305 e. The van der Waals surface area contributed by atoms with Crippen LogP contribution in [0.15, 0.2) is 255 Å². The fourth-order valence-corrected chi connectivity index (χ4v) is 16.1. The molecule has 0 saturated heterocycles. The van der Waals surface area contributed by atoms with Crippen molar-refractivity contribution in [3.8, 4) is 33.4 Å². The maximum atomic E-state index is 18.6. The molecule has 0 radical (unpaired) electrons. The lowest BCUT2D eigenvalue weighted by atomic mass is 9.72. The van der Waals surface area contributed by atoms with Gasteiger partial charge in [-0.1, -0.05) is 220 Å². The summed E-state index contributed by atoms with van der Waals surface area (Å²) in [6.45, 7) is 4.53. The Bertz CT molecular complexity index is 4950. The number of benzene rings is 11. The molecule has 0 spiro atoms. The molecular weight excluding hydrogens is 1070 g/mol. The molecule has 2 nitrogen and oxygen atoms in total. The van der Waals surface area contributed by atoms with Crippen LogP contribution in [0.5, 0.6) is 0 Å². The van der Waals surface area contributed by atoms with E-state index < -0.39 is 0 Å². The van der Waals surface area contributed by atoms with Crippen LogP contribution < -0.4 is 9.80 Å². The predicted molar refractivity (Wildman–Crippen MR) is 355 cm³/mol. The van der Waals surface area contributed by atoms with Gasteiger partial charge in [0.05, 0.1) is 43.5 Å². The molecule has 0 N–H and O–H groups in total. The standard InChI is InChI=1S/C78H54F2N2S2/c1-47-19-16-26-53(41-47)64-44-55(50-22-8-4-9-23-50)46-66(80)76(64)81(68-31-17-29-59-57-27-12-14-33-71(57)83-77(59)68)67-40-36-52-35-37-62-70(42-48(2)56-38-39-61(67)73(52)74(56)62)82(69-32-18-30-60-58-28-13-15-34-72(58)84-78(60)69)75-63(51-24-10-5-11-25-51)43-54(45-65(75)79)49-20-6-3-7-21-49/h3-18,20-48,56H,19H2,1-2H3. The molecule has 2 heterocycles.